The smallest absolute Gasteiger partial charge is 0.257 e. The normalized spacial score (nSPS) is 16.7. The van der Waals surface area contributed by atoms with Gasteiger partial charge in [-0.15, -0.1) is 0 Å². The summed E-state index contributed by atoms with van der Waals surface area (Å²) in [5.41, 5.74) is 2.10. The first-order valence-electron chi connectivity index (χ1n) is 8.04. The highest BCUT2D eigenvalue weighted by molar-refractivity contribution is 6.30. The van der Waals surface area contributed by atoms with E-state index in [2.05, 4.69) is 16.2 Å². The zero-order chi connectivity index (χ0) is 18.1. The Morgan fingerprint density at radius 2 is 1.88 bits per heavy atom. The van der Waals surface area contributed by atoms with Crippen LogP contribution in [0.3, 0.4) is 0 Å². The Hall–Kier alpha value is -3.17. The van der Waals surface area contributed by atoms with Gasteiger partial charge in [0.05, 0.1) is 11.6 Å². The molecular formula is C19H13ClN4O2. The van der Waals surface area contributed by atoms with Gasteiger partial charge in [-0.25, -0.2) is 0 Å². The number of halogens is 1. The Kier molecular flexibility index (Phi) is 4.15. The molecule has 0 aliphatic carbocycles. The summed E-state index contributed by atoms with van der Waals surface area (Å²) in [5, 5.41) is 13.5. The third-order valence-electron chi connectivity index (χ3n) is 4.33. The molecule has 6 nitrogen and oxygen atoms in total. The molecule has 3 aromatic rings. The SMILES string of the molecule is N#Cc1ccc(-c2nc(C3CC(=O)N(c4ccc(Cl)cc4)C3)no2)cc1. The van der Waals surface area contributed by atoms with Crippen molar-refractivity contribution in [1.29, 1.82) is 5.26 Å². The zero-order valence-electron chi connectivity index (χ0n) is 13.6. The third-order valence-corrected chi connectivity index (χ3v) is 4.58. The Morgan fingerprint density at radius 3 is 2.58 bits per heavy atom. The van der Waals surface area contributed by atoms with E-state index >= 15 is 0 Å². The van der Waals surface area contributed by atoms with Crippen molar-refractivity contribution in [2.75, 3.05) is 11.4 Å². The van der Waals surface area contributed by atoms with Crippen molar-refractivity contribution in [3.8, 4) is 17.5 Å². The second-order valence-electron chi connectivity index (χ2n) is 6.03. The van der Waals surface area contributed by atoms with Crippen LogP contribution in [0.1, 0.15) is 23.7 Å². The van der Waals surface area contributed by atoms with Crippen LogP contribution in [0, 0.1) is 11.3 Å². The Balaban J connectivity index is 1.53. The van der Waals surface area contributed by atoms with Crippen molar-refractivity contribution in [2.24, 2.45) is 0 Å². The monoisotopic (exact) mass is 364 g/mol. The van der Waals surface area contributed by atoms with E-state index in [4.69, 9.17) is 21.4 Å². The molecule has 0 radical (unpaired) electrons. The summed E-state index contributed by atoms with van der Waals surface area (Å²) in [6, 6.07) is 16.1. The van der Waals surface area contributed by atoms with Crippen LogP contribution < -0.4 is 4.90 Å². The molecule has 128 valence electrons. The van der Waals surface area contributed by atoms with Gasteiger partial charge in [-0.2, -0.15) is 10.2 Å². The Bertz CT molecular complexity index is 990. The minimum atomic E-state index is -0.131. The number of benzene rings is 2. The fourth-order valence-electron chi connectivity index (χ4n) is 2.96. The molecule has 4 rings (SSSR count). The number of anilines is 1. The van der Waals surface area contributed by atoms with Gasteiger partial charge in [-0.1, -0.05) is 16.8 Å². The summed E-state index contributed by atoms with van der Waals surface area (Å²) >= 11 is 5.91. The molecule has 1 unspecified atom stereocenters. The minimum Gasteiger partial charge on any atom is -0.334 e. The average molecular weight is 365 g/mol. The van der Waals surface area contributed by atoms with Crippen molar-refractivity contribution >= 4 is 23.2 Å². The number of aromatic nitrogens is 2. The molecule has 2 heterocycles. The number of rotatable bonds is 3. The molecule has 26 heavy (non-hydrogen) atoms. The molecule has 7 heteroatoms. The summed E-state index contributed by atoms with van der Waals surface area (Å²) in [6.07, 6.45) is 0.328. The van der Waals surface area contributed by atoms with E-state index < -0.39 is 0 Å². The highest BCUT2D eigenvalue weighted by atomic mass is 35.5. The van der Waals surface area contributed by atoms with Gasteiger partial charge in [0.1, 0.15) is 0 Å². The predicted molar refractivity (Wildman–Crippen MR) is 95.6 cm³/mol. The number of hydrogen-bond acceptors (Lipinski definition) is 5. The lowest BCUT2D eigenvalue weighted by Gasteiger charge is -2.16. The lowest BCUT2D eigenvalue weighted by atomic mass is 10.1. The van der Waals surface area contributed by atoms with Gasteiger partial charge in [0, 0.05) is 35.2 Å². The first-order chi connectivity index (χ1) is 12.6. The van der Waals surface area contributed by atoms with E-state index in [-0.39, 0.29) is 11.8 Å². The second kappa shape index (κ2) is 6.62. The van der Waals surface area contributed by atoms with Crippen LogP contribution in [-0.2, 0) is 4.79 Å². The number of hydrogen-bond donors (Lipinski definition) is 0. The molecule has 1 aliphatic rings. The van der Waals surface area contributed by atoms with Gasteiger partial charge in [-0.3, -0.25) is 4.79 Å². The molecule has 0 bridgehead atoms. The summed E-state index contributed by atoms with van der Waals surface area (Å²) < 4.78 is 5.34. The van der Waals surface area contributed by atoms with Gasteiger partial charge in [0.15, 0.2) is 5.82 Å². The quantitative estimate of drug-likeness (QED) is 0.706. The molecule has 0 N–H and O–H groups in total. The molecule has 0 saturated carbocycles. The predicted octanol–water partition coefficient (Wildman–Crippen LogP) is 3.78. The van der Waals surface area contributed by atoms with Crippen LogP contribution in [0.5, 0.6) is 0 Å². The summed E-state index contributed by atoms with van der Waals surface area (Å²) in [7, 11) is 0. The highest BCUT2D eigenvalue weighted by Crippen LogP contribution is 2.32. The van der Waals surface area contributed by atoms with E-state index in [0.29, 0.717) is 35.3 Å². The number of carbonyl (C=O) groups is 1. The topological polar surface area (TPSA) is 83.0 Å². The van der Waals surface area contributed by atoms with Gasteiger partial charge >= 0.3 is 0 Å². The molecule has 2 aromatic carbocycles. The van der Waals surface area contributed by atoms with Crippen LogP contribution in [0.2, 0.25) is 5.02 Å². The van der Waals surface area contributed by atoms with Gasteiger partial charge in [0.2, 0.25) is 5.91 Å². The summed E-state index contributed by atoms with van der Waals surface area (Å²) in [4.78, 5) is 18.5. The zero-order valence-corrected chi connectivity index (χ0v) is 14.3. The van der Waals surface area contributed by atoms with Crippen LogP contribution in [0.25, 0.3) is 11.5 Å². The molecule has 0 spiro atoms. The molecule has 1 aliphatic heterocycles. The maximum Gasteiger partial charge on any atom is 0.257 e. The number of amides is 1. The van der Waals surface area contributed by atoms with E-state index in [1.807, 2.05) is 12.1 Å². The standard InChI is InChI=1S/C19H13ClN4O2/c20-15-5-7-16(8-6-15)24-11-14(9-17(24)25)18-22-19(26-23-18)13-3-1-12(10-21)2-4-13/h1-8,14H,9,11H2. The van der Waals surface area contributed by atoms with E-state index in [1.54, 1.807) is 41.3 Å². The Morgan fingerprint density at radius 1 is 1.15 bits per heavy atom. The molecule has 1 saturated heterocycles. The van der Waals surface area contributed by atoms with Crippen LogP contribution in [0.4, 0.5) is 5.69 Å². The van der Waals surface area contributed by atoms with Crippen LogP contribution in [-0.4, -0.2) is 22.6 Å². The number of carbonyl (C=O) groups excluding carboxylic acids is 1. The largest absolute Gasteiger partial charge is 0.334 e. The Labute approximate surface area is 154 Å². The number of nitriles is 1. The minimum absolute atomic E-state index is 0.0158. The lowest BCUT2D eigenvalue weighted by molar-refractivity contribution is -0.117. The van der Waals surface area contributed by atoms with Crippen LogP contribution >= 0.6 is 11.6 Å². The molecular weight excluding hydrogens is 352 g/mol. The van der Waals surface area contributed by atoms with E-state index in [1.165, 1.54) is 0 Å². The average Bonchev–Trinajstić information content (AvgIpc) is 3.29. The first-order valence-corrected chi connectivity index (χ1v) is 8.42. The van der Waals surface area contributed by atoms with Gasteiger partial charge < -0.3 is 9.42 Å². The van der Waals surface area contributed by atoms with Crippen molar-refractivity contribution in [2.45, 2.75) is 12.3 Å². The van der Waals surface area contributed by atoms with Crippen molar-refractivity contribution in [3.63, 3.8) is 0 Å². The first kappa shape index (κ1) is 16.3. The van der Waals surface area contributed by atoms with Crippen molar-refractivity contribution in [1.82, 2.24) is 10.1 Å². The molecule has 1 amide bonds. The molecule has 1 atom stereocenters. The number of nitrogens with zero attached hydrogens (tertiary/aromatic N) is 4. The van der Waals surface area contributed by atoms with Gasteiger partial charge in [-0.05, 0) is 48.5 Å². The summed E-state index contributed by atoms with van der Waals surface area (Å²) in [5.74, 6) is 0.771. The second-order valence-corrected chi connectivity index (χ2v) is 6.47. The lowest BCUT2D eigenvalue weighted by Crippen LogP contribution is -2.24. The maximum absolute atomic E-state index is 12.4. The van der Waals surface area contributed by atoms with Crippen molar-refractivity contribution < 1.29 is 9.32 Å². The third kappa shape index (κ3) is 3.05. The van der Waals surface area contributed by atoms with Crippen LogP contribution in [0.15, 0.2) is 53.1 Å². The fourth-order valence-corrected chi connectivity index (χ4v) is 3.08. The van der Waals surface area contributed by atoms with Crippen molar-refractivity contribution in [3.05, 3.63) is 64.9 Å². The maximum atomic E-state index is 12.4. The highest BCUT2D eigenvalue weighted by Gasteiger charge is 2.34. The van der Waals surface area contributed by atoms with Gasteiger partial charge in [0.25, 0.3) is 5.89 Å². The molecule has 1 fully saturated rings. The van der Waals surface area contributed by atoms with E-state index in [0.717, 1.165) is 11.3 Å². The fraction of sp³-hybridized carbons (Fsp3) is 0.158. The van der Waals surface area contributed by atoms with E-state index in [9.17, 15) is 4.79 Å². The molecule has 1 aromatic heterocycles. The summed E-state index contributed by atoms with van der Waals surface area (Å²) in [6.45, 7) is 0.493.